The molecule has 1 atom stereocenters. The van der Waals surface area contributed by atoms with Crippen LogP contribution in [0.25, 0.3) is 0 Å². The van der Waals surface area contributed by atoms with Gasteiger partial charge in [-0.2, -0.15) is 0 Å². The Morgan fingerprint density at radius 2 is 2.00 bits per heavy atom. The van der Waals surface area contributed by atoms with Crippen molar-refractivity contribution < 1.29 is 34.1 Å². The fourth-order valence-corrected chi connectivity index (χ4v) is 3.55. The van der Waals surface area contributed by atoms with Gasteiger partial charge in [0.15, 0.2) is 5.12 Å². The average Bonchev–Trinajstić information content (AvgIpc) is 2.02. The first-order valence-electron chi connectivity index (χ1n) is 4.66. The summed E-state index contributed by atoms with van der Waals surface area (Å²) in [7, 11) is 0. The molecule has 0 aromatic carbocycles. The summed E-state index contributed by atoms with van der Waals surface area (Å²) in [5, 5.41) is -0.297. The molecule has 0 aliphatic heterocycles. The van der Waals surface area contributed by atoms with E-state index in [1.807, 2.05) is 13.8 Å². The maximum Gasteiger partial charge on any atom is 2.00 e. The SMILES string of the molecule is CCCCC(CC)C(=O)SP([O-])([O-])=S.[Zn+2]. The zero-order valence-electron chi connectivity index (χ0n) is 9.10. The van der Waals surface area contributed by atoms with Gasteiger partial charge in [0.1, 0.15) is 0 Å². The predicted octanol–water partition coefficient (Wildman–Crippen LogP) is 1.41. The monoisotopic (exact) mass is 318 g/mol. The maximum absolute atomic E-state index is 11.4. The van der Waals surface area contributed by atoms with Crippen LogP contribution in [0.15, 0.2) is 0 Å². The van der Waals surface area contributed by atoms with Crippen molar-refractivity contribution >= 4 is 34.0 Å². The van der Waals surface area contributed by atoms with E-state index in [2.05, 4.69) is 11.8 Å². The van der Waals surface area contributed by atoms with Crippen molar-refractivity contribution in [1.29, 1.82) is 0 Å². The summed E-state index contributed by atoms with van der Waals surface area (Å²) in [6.45, 7) is 3.92. The predicted molar refractivity (Wildman–Crippen MR) is 60.2 cm³/mol. The number of carbonyl (C=O) groups is 1. The second-order valence-electron chi connectivity index (χ2n) is 3.10. The third-order valence-corrected chi connectivity index (χ3v) is 4.55. The first kappa shape index (κ1) is 18.6. The summed E-state index contributed by atoms with van der Waals surface area (Å²) in [6, 6.07) is 0. The molecule has 0 heterocycles. The zero-order valence-corrected chi connectivity index (χ0v) is 14.6. The van der Waals surface area contributed by atoms with Gasteiger partial charge in [0.05, 0.1) is 0 Å². The molecule has 84 valence electrons. The molecule has 0 N–H and O–H groups in total. The normalized spacial score (nSPS) is 13.1. The Hall–Kier alpha value is 1.21. The molecule has 0 aliphatic carbocycles. The van der Waals surface area contributed by atoms with E-state index in [-0.39, 0.29) is 30.5 Å². The third kappa shape index (κ3) is 10.1. The zero-order chi connectivity index (χ0) is 11.2. The van der Waals surface area contributed by atoms with E-state index in [0.717, 1.165) is 19.3 Å². The van der Waals surface area contributed by atoms with Crippen LogP contribution in [0.4, 0.5) is 0 Å². The van der Waals surface area contributed by atoms with Crippen LogP contribution < -0.4 is 9.79 Å². The molecule has 0 spiro atoms. The summed E-state index contributed by atoms with van der Waals surface area (Å²) < 4.78 is 0. The molecule has 1 unspecified atom stereocenters. The number of rotatable bonds is 6. The van der Waals surface area contributed by atoms with Gasteiger partial charge in [-0.05, 0) is 12.8 Å². The Kier molecular flexibility index (Phi) is 11.5. The first-order chi connectivity index (χ1) is 6.40. The summed E-state index contributed by atoms with van der Waals surface area (Å²) in [5.41, 5.74) is -3.92. The van der Waals surface area contributed by atoms with Crippen molar-refractivity contribution in [1.82, 2.24) is 0 Å². The number of hydrogen-bond acceptors (Lipinski definition) is 5. The molecule has 0 saturated carbocycles. The van der Waals surface area contributed by atoms with E-state index in [0.29, 0.717) is 17.8 Å². The minimum atomic E-state index is -3.92. The van der Waals surface area contributed by atoms with Gasteiger partial charge in [-0.25, -0.2) is 0 Å². The Labute approximate surface area is 113 Å². The van der Waals surface area contributed by atoms with Crippen molar-refractivity contribution in [3.8, 4) is 0 Å². The Bertz CT molecular complexity index is 232. The van der Waals surface area contributed by atoms with E-state index in [1.54, 1.807) is 0 Å². The molecule has 0 aromatic rings. The molecular weight excluding hydrogens is 305 g/mol. The van der Waals surface area contributed by atoms with Gasteiger partial charge in [-0.15, -0.1) is 17.5 Å². The molecule has 15 heavy (non-hydrogen) atoms. The topological polar surface area (TPSA) is 63.2 Å². The minimum Gasteiger partial charge on any atom is -0.824 e. The Balaban J connectivity index is 0. The van der Waals surface area contributed by atoms with Crippen LogP contribution >= 0.6 is 17.1 Å². The fraction of sp³-hybridized carbons (Fsp3) is 0.875. The van der Waals surface area contributed by atoms with Crippen LogP contribution in [-0.4, -0.2) is 5.12 Å². The Morgan fingerprint density at radius 3 is 2.33 bits per heavy atom. The molecule has 0 fully saturated rings. The van der Waals surface area contributed by atoms with Gasteiger partial charge < -0.3 is 9.79 Å². The van der Waals surface area contributed by atoms with E-state index < -0.39 is 5.69 Å². The van der Waals surface area contributed by atoms with E-state index in [9.17, 15) is 14.6 Å². The summed E-state index contributed by atoms with van der Waals surface area (Å²) >= 11 is 4.50. The van der Waals surface area contributed by atoms with Crippen molar-refractivity contribution in [2.24, 2.45) is 5.92 Å². The minimum absolute atomic E-state index is 0. The van der Waals surface area contributed by atoms with E-state index >= 15 is 0 Å². The van der Waals surface area contributed by atoms with E-state index in [1.165, 1.54) is 0 Å². The standard InChI is InChI=1S/C8H17O3PS2.Zn/c1-3-5-6-7(4-2)8(9)14-12(10,11)13;/h7H,3-6H2,1-2H3,(H2,10,11,13);/q;+2/p-2. The molecule has 0 aliphatic rings. The molecule has 0 amide bonds. The molecule has 0 radical (unpaired) electrons. The van der Waals surface area contributed by atoms with Crippen LogP contribution in [0.2, 0.25) is 0 Å². The number of hydrogen-bond donors (Lipinski definition) is 0. The van der Waals surface area contributed by atoms with Crippen molar-refractivity contribution in [3.05, 3.63) is 0 Å². The average molecular weight is 320 g/mol. The van der Waals surface area contributed by atoms with E-state index in [4.69, 9.17) is 0 Å². The molecule has 3 nitrogen and oxygen atoms in total. The van der Waals surface area contributed by atoms with Gasteiger partial charge in [-0.1, -0.05) is 38.1 Å². The molecular formula is C8H15O3PS2Zn. The number of carbonyl (C=O) groups excluding carboxylic acids is 1. The first-order valence-corrected chi connectivity index (χ1v) is 8.72. The van der Waals surface area contributed by atoms with Crippen LogP contribution in [0, 0.1) is 5.92 Å². The second kappa shape index (κ2) is 9.26. The Morgan fingerprint density at radius 1 is 1.47 bits per heavy atom. The van der Waals surface area contributed by atoms with Gasteiger partial charge >= 0.3 is 19.5 Å². The third-order valence-electron chi connectivity index (χ3n) is 1.93. The van der Waals surface area contributed by atoms with Crippen LogP contribution in [0.1, 0.15) is 39.5 Å². The maximum atomic E-state index is 11.4. The largest absolute Gasteiger partial charge is 2.00 e. The summed E-state index contributed by atoms with van der Waals surface area (Å²) in [5.74, 6) is -0.162. The molecule has 0 aromatic heterocycles. The molecule has 0 rings (SSSR count). The summed E-state index contributed by atoms with van der Waals surface area (Å²) in [4.78, 5) is 32.9. The van der Waals surface area contributed by atoms with Crippen LogP contribution in [0.3, 0.4) is 0 Å². The van der Waals surface area contributed by atoms with Crippen molar-refractivity contribution in [2.75, 3.05) is 0 Å². The molecule has 0 saturated heterocycles. The van der Waals surface area contributed by atoms with Gasteiger partial charge in [-0.3, -0.25) is 4.79 Å². The number of unbranched alkanes of at least 4 members (excludes halogenated alkanes) is 1. The fourth-order valence-electron chi connectivity index (χ4n) is 1.12. The molecule has 0 bridgehead atoms. The quantitative estimate of drug-likeness (QED) is 0.547. The second-order valence-corrected chi connectivity index (χ2v) is 8.71. The van der Waals surface area contributed by atoms with Crippen LogP contribution in [0.5, 0.6) is 0 Å². The summed E-state index contributed by atoms with van der Waals surface area (Å²) in [6.07, 6.45) is 3.40. The van der Waals surface area contributed by atoms with Gasteiger partial charge in [0.2, 0.25) is 0 Å². The van der Waals surface area contributed by atoms with Crippen LogP contribution in [-0.2, 0) is 36.1 Å². The van der Waals surface area contributed by atoms with Gasteiger partial charge in [0, 0.05) is 5.92 Å². The molecule has 7 heteroatoms. The van der Waals surface area contributed by atoms with Crippen molar-refractivity contribution in [2.45, 2.75) is 39.5 Å². The van der Waals surface area contributed by atoms with Crippen molar-refractivity contribution in [3.63, 3.8) is 0 Å². The van der Waals surface area contributed by atoms with Gasteiger partial charge in [0.25, 0.3) is 0 Å². The smallest absolute Gasteiger partial charge is 0.824 e.